The van der Waals surface area contributed by atoms with E-state index in [1.165, 1.54) is 31.4 Å². The first-order chi connectivity index (χ1) is 11.9. The van der Waals surface area contributed by atoms with Crippen molar-refractivity contribution in [2.75, 3.05) is 24.5 Å². The number of likely N-dealkylation sites (tertiary alicyclic amines) is 1. The lowest BCUT2D eigenvalue weighted by molar-refractivity contribution is 0.0579. The van der Waals surface area contributed by atoms with E-state index in [4.69, 9.17) is 4.74 Å². The third kappa shape index (κ3) is 5.43. The molecule has 1 amide bonds. The van der Waals surface area contributed by atoms with Crippen molar-refractivity contribution in [3.8, 4) is 0 Å². The fraction of sp³-hybridized carbons (Fsp3) is 0.700. The van der Waals surface area contributed by atoms with Gasteiger partial charge in [0.2, 0.25) is 0 Å². The number of rotatable bonds is 6. The van der Waals surface area contributed by atoms with Crippen molar-refractivity contribution in [2.45, 2.75) is 71.9 Å². The summed E-state index contributed by atoms with van der Waals surface area (Å²) in [5.74, 6) is 0.667. The number of carbonyl (C=O) groups is 1. The summed E-state index contributed by atoms with van der Waals surface area (Å²) in [6, 6.07) is 4.54. The molecule has 140 valence electrons. The summed E-state index contributed by atoms with van der Waals surface area (Å²) in [5, 5.41) is 0. The van der Waals surface area contributed by atoms with Gasteiger partial charge >= 0.3 is 6.09 Å². The molecule has 25 heavy (non-hydrogen) atoms. The summed E-state index contributed by atoms with van der Waals surface area (Å²) in [5.41, 5.74) is 0.739. The number of carbonyl (C=O) groups excluding carboxylic acids is 1. The Balaban J connectivity index is 2.14. The molecule has 5 heteroatoms. The number of pyridine rings is 1. The van der Waals surface area contributed by atoms with Gasteiger partial charge in [0.15, 0.2) is 0 Å². The summed E-state index contributed by atoms with van der Waals surface area (Å²) in [7, 11) is 0. The van der Waals surface area contributed by atoms with Crippen molar-refractivity contribution in [3.05, 3.63) is 23.9 Å². The molecule has 0 bridgehead atoms. The standard InChI is InChI=1S/C20H33N3O2/c1-6-12-22-14-8-9-17(22)16-10-11-18(21-15-16)23(13-7-2)19(24)25-20(3,4)5/h10-11,15,17H,6-9,12-14H2,1-5H3/t17-/m0/s1. The van der Waals surface area contributed by atoms with Gasteiger partial charge < -0.3 is 4.74 Å². The van der Waals surface area contributed by atoms with E-state index in [0.717, 1.165) is 13.0 Å². The van der Waals surface area contributed by atoms with Gasteiger partial charge in [0.1, 0.15) is 11.4 Å². The van der Waals surface area contributed by atoms with Crippen LogP contribution < -0.4 is 4.90 Å². The molecule has 1 aliphatic rings. The zero-order chi connectivity index (χ0) is 18.4. The Morgan fingerprint density at radius 1 is 1.32 bits per heavy atom. The maximum atomic E-state index is 12.5. The van der Waals surface area contributed by atoms with Crippen LogP contribution in [0, 0.1) is 0 Å². The van der Waals surface area contributed by atoms with Crippen LogP contribution in [0.15, 0.2) is 18.3 Å². The van der Waals surface area contributed by atoms with E-state index in [9.17, 15) is 4.79 Å². The van der Waals surface area contributed by atoms with Crippen LogP contribution in [0.2, 0.25) is 0 Å². The van der Waals surface area contributed by atoms with Crippen LogP contribution in [0.4, 0.5) is 10.6 Å². The second-order valence-corrected chi connectivity index (χ2v) is 7.78. The van der Waals surface area contributed by atoms with Crippen LogP contribution in [-0.2, 0) is 4.74 Å². The number of aromatic nitrogens is 1. The van der Waals surface area contributed by atoms with Gasteiger partial charge in [0.25, 0.3) is 0 Å². The highest BCUT2D eigenvalue weighted by atomic mass is 16.6. The second-order valence-electron chi connectivity index (χ2n) is 7.78. The van der Waals surface area contributed by atoms with Gasteiger partial charge in [-0.2, -0.15) is 0 Å². The van der Waals surface area contributed by atoms with Crippen LogP contribution in [0.3, 0.4) is 0 Å². The zero-order valence-electron chi connectivity index (χ0n) is 16.4. The van der Waals surface area contributed by atoms with Gasteiger partial charge in [0.05, 0.1) is 0 Å². The van der Waals surface area contributed by atoms with E-state index >= 15 is 0 Å². The molecule has 0 spiro atoms. The van der Waals surface area contributed by atoms with Gasteiger partial charge in [-0.1, -0.05) is 19.9 Å². The van der Waals surface area contributed by atoms with E-state index in [1.54, 1.807) is 4.90 Å². The molecule has 1 atom stereocenters. The molecule has 0 aromatic carbocycles. The number of hydrogen-bond acceptors (Lipinski definition) is 4. The molecule has 1 aliphatic heterocycles. The molecule has 0 aliphatic carbocycles. The Labute approximate surface area is 152 Å². The van der Waals surface area contributed by atoms with Gasteiger partial charge in [-0.05, 0) is 71.2 Å². The summed E-state index contributed by atoms with van der Waals surface area (Å²) in [6.45, 7) is 12.8. The maximum absolute atomic E-state index is 12.5. The largest absolute Gasteiger partial charge is 0.443 e. The minimum absolute atomic E-state index is 0.330. The molecule has 1 saturated heterocycles. The second kappa shape index (κ2) is 8.65. The fourth-order valence-corrected chi connectivity index (χ4v) is 3.35. The van der Waals surface area contributed by atoms with E-state index in [1.807, 2.05) is 40.0 Å². The first kappa shape index (κ1) is 19.7. The van der Waals surface area contributed by atoms with Crippen molar-refractivity contribution in [3.63, 3.8) is 0 Å². The number of amides is 1. The van der Waals surface area contributed by atoms with Gasteiger partial charge in [-0.25, -0.2) is 9.78 Å². The molecule has 0 radical (unpaired) electrons. The van der Waals surface area contributed by atoms with E-state index < -0.39 is 5.60 Å². The molecule has 0 N–H and O–H groups in total. The predicted octanol–water partition coefficient (Wildman–Crippen LogP) is 4.78. The topological polar surface area (TPSA) is 45.7 Å². The molecule has 2 rings (SSSR count). The van der Waals surface area contributed by atoms with Crippen molar-refractivity contribution in [2.24, 2.45) is 0 Å². The van der Waals surface area contributed by atoms with Crippen molar-refractivity contribution < 1.29 is 9.53 Å². The number of nitrogens with zero attached hydrogens (tertiary/aromatic N) is 3. The van der Waals surface area contributed by atoms with Gasteiger partial charge in [-0.15, -0.1) is 0 Å². The zero-order valence-corrected chi connectivity index (χ0v) is 16.4. The lowest BCUT2D eigenvalue weighted by Gasteiger charge is -2.27. The number of anilines is 1. The van der Waals surface area contributed by atoms with Crippen LogP contribution in [-0.4, -0.2) is 41.2 Å². The molecule has 1 fully saturated rings. The van der Waals surface area contributed by atoms with E-state index in [0.29, 0.717) is 18.4 Å². The monoisotopic (exact) mass is 347 g/mol. The molecule has 0 unspecified atom stereocenters. The van der Waals surface area contributed by atoms with Crippen LogP contribution >= 0.6 is 0 Å². The van der Waals surface area contributed by atoms with Crippen LogP contribution in [0.5, 0.6) is 0 Å². The Bertz CT molecular complexity index is 551. The number of hydrogen-bond donors (Lipinski definition) is 0. The lowest BCUT2D eigenvalue weighted by atomic mass is 10.1. The highest BCUT2D eigenvalue weighted by Crippen LogP contribution is 2.32. The van der Waals surface area contributed by atoms with E-state index in [2.05, 4.69) is 22.9 Å². The summed E-state index contributed by atoms with van der Waals surface area (Å²) < 4.78 is 5.52. The first-order valence-corrected chi connectivity index (χ1v) is 9.56. The van der Waals surface area contributed by atoms with Gasteiger partial charge in [-0.3, -0.25) is 9.80 Å². The summed E-state index contributed by atoms with van der Waals surface area (Å²) >= 11 is 0. The molecular weight excluding hydrogens is 314 g/mol. The van der Waals surface area contributed by atoms with Gasteiger partial charge in [0, 0.05) is 18.8 Å². The minimum atomic E-state index is -0.506. The molecule has 5 nitrogen and oxygen atoms in total. The molecule has 1 aromatic rings. The number of ether oxygens (including phenoxy) is 1. The third-order valence-electron chi connectivity index (χ3n) is 4.37. The summed E-state index contributed by atoms with van der Waals surface area (Å²) in [4.78, 5) is 21.2. The van der Waals surface area contributed by atoms with Crippen LogP contribution in [0.25, 0.3) is 0 Å². The first-order valence-electron chi connectivity index (χ1n) is 9.56. The Kier molecular flexibility index (Phi) is 6.82. The quantitative estimate of drug-likeness (QED) is 0.743. The van der Waals surface area contributed by atoms with E-state index in [-0.39, 0.29) is 6.09 Å². The maximum Gasteiger partial charge on any atom is 0.416 e. The summed E-state index contributed by atoms with van der Waals surface area (Å²) in [6.07, 6.45) is 6.06. The molecule has 2 heterocycles. The Morgan fingerprint density at radius 3 is 2.64 bits per heavy atom. The molecular formula is C20H33N3O2. The van der Waals surface area contributed by atoms with Crippen LogP contribution in [0.1, 0.15) is 71.9 Å². The Hall–Kier alpha value is -1.62. The highest BCUT2D eigenvalue weighted by Gasteiger charge is 2.27. The lowest BCUT2D eigenvalue weighted by Crippen LogP contribution is -2.37. The smallest absolute Gasteiger partial charge is 0.416 e. The average Bonchev–Trinajstić information content (AvgIpc) is 3.00. The fourth-order valence-electron chi connectivity index (χ4n) is 3.35. The SMILES string of the molecule is CCCN(C(=O)OC(C)(C)C)c1ccc([C@@H]2CCCN2CCC)cn1. The minimum Gasteiger partial charge on any atom is -0.443 e. The Morgan fingerprint density at radius 2 is 2.08 bits per heavy atom. The van der Waals surface area contributed by atoms with Crippen molar-refractivity contribution >= 4 is 11.9 Å². The van der Waals surface area contributed by atoms with Crippen molar-refractivity contribution in [1.82, 2.24) is 9.88 Å². The predicted molar refractivity (Wildman–Crippen MR) is 102 cm³/mol. The molecule has 1 aromatic heterocycles. The normalized spacial score (nSPS) is 18.4. The highest BCUT2D eigenvalue weighted by molar-refractivity contribution is 5.86. The molecule has 0 saturated carbocycles. The van der Waals surface area contributed by atoms with Crippen molar-refractivity contribution in [1.29, 1.82) is 0 Å². The third-order valence-corrected chi connectivity index (χ3v) is 4.37. The average molecular weight is 348 g/mol.